The second-order valence-electron chi connectivity index (χ2n) is 4.85. The second-order valence-corrected chi connectivity index (χ2v) is 10.4. The minimum atomic E-state index is -4.10. The average Bonchev–Trinajstić information content (AvgIpc) is 2.42. The molecule has 0 aliphatic rings. The van der Waals surface area contributed by atoms with Crippen LogP contribution in [-0.2, 0) is 20.0 Å². The fraction of sp³-hybridized carbons (Fsp3) is 0.0769. The fourth-order valence-electron chi connectivity index (χ4n) is 1.81. The van der Waals surface area contributed by atoms with Crippen molar-refractivity contribution in [2.75, 3.05) is 11.0 Å². The molecule has 0 radical (unpaired) electrons. The van der Waals surface area contributed by atoms with Crippen LogP contribution < -0.4 is 9.86 Å². The number of benzene rings is 2. The molecule has 0 unspecified atom stereocenters. The highest BCUT2D eigenvalue weighted by Crippen LogP contribution is 2.44. The van der Waals surface area contributed by atoms with Gasteiger partial charge in [-0.15, -0.1) is 0 Å². The van der Waals surface area contributed by atoms with Crippen molar-refractivity contribution in [3.63, 3.8) is 0 Å². The van der Waals surface area contributed by atoms with Crippen LogP contribution in [0.25, 0.3) is 0 Å². The molecule has 0 heterocycles. The molecule has 0 saturated carbocycles. The smallest absolute Gasteiger partial charge is 0.239 e. The Bertz CT molecular complexity index is 1040. The maximum Gasteiger partial charge on any atom is 0.239 e. The molecule has 0 atom stereocenters. The fourth-order valence-corrected chi connectivity index (χ4v) is 5.18. The van der Waals surface area contributed by atoms with E-state index in [1.807, 2.05) is 0 Å². The van der Waals surface area contributed by atoms with Gasteiger partial charge in [0.2, 0.25) is 20.0 Å². The predicted octanol–water partition coefficient (Wildman–Crippen LogP) is 3.82. The lowest BCUT2D eigenvalue weighted by Crippen LogP contribution is -2.15. The molecule has 25 heavy (non-hydrogen) atoms. The third-order valence-corrected chi connectivity index (χ3v) is 6.79. The quantitative estimate of drug-likeness (QED) is 0.704. The molecular formula is C13H11Cl3N2O4S3. The van der Waals surface area contributed by atoms with E-state index in [-0.39, 0.29) is 20.5 Å². The molecule has 2 aromatic rings. The van der Waals surface area contributed by atoms with E-state index in [2.05, 4.69) is 4.72 Å². The molecule has 0 spiro atoms. The largest absolute Gasteiger partial charge is 0.283 e. The lowest BCUT2D eigenvalue weighted by Gasteiger charge is -2.15. The van der Waals surface area contributed by atoms with E-state index >= 15 is 0 Å². The van der Waals surface area contributed by atoms with Gasteiger partial charge in [-0.05, 0) is 30.3 Å². The second kappa shape index (κ2) is 7.51. The lowest BCUT2D eigenvalue weighted by molar-refractivity contribution is 0.597. The molecule has 0 fully saturated rings. The van der Waals surface area contributed by atoms with Gasteiger partial charge in [0.15, 0.2) is 0 Å². The highest BCUT2D eigenvalue weighted by Gasteiger charge is 2.22. The third kappa shape index (κ3) is 5.40. The number of rotatable bonds is 5. The topological polar surface area (TPSA) is 106 Å². The Morgan fingerprint density at radius 2 is 1.68 bits per heavy atom. The van der Waals surface area contributed by atoms with Gasteiger partial charge in [0, 0.05) is 9.92 Å². The van der Waals surface area contributed by atoms with Crippen molar-refractivity contribution in [2.24, 2.45) is 5.14 Å². The first-order valence-electron chi connectivity index (χ1n) is 6.34. The van der Waals surface area contributed by atoms with E-state index in [4.69, 9.17) is 39.9 Å². The standard InChI is InChI=1S/C13H11Cl3N2O4S3/c1-24(19,20)18-9-3-5-11(25(17,21)22)12(16)13(9)23-10-4-2-7(14)6-8(10)15/h2-6,18H,1H3,(H2,17,21,22). The lowest BCUT2D eigenvalue weighted by atomic mass is 10.3. The first-order valence-corrected chi connectivity index (χ1v) is 11.7. The zero-order valence-corrected chi connectivity index (χ0v) is 17.2. The van der Waals surface area contributed by atoms with E-state index < -0.39 is 20.0 Å². The Labute approximate surface area is 164 Å². The molecule has 0 aromatic heterocycles. The number of hydrogen-bond acceptors (Lipinski definition) is 5. The van der Waals surface area contributed by atoms with Crippen molar-refractivity contribution < 1.29 is 16.8 Å². The predicted molar refractivity (Wildman–Crippen MR) is 102 cm³/mol. The minimum absolute atomic E-state index is 0.0934. The molecule has 0 saturated heterocycles. The van der Waals surface area contributed by atoms with Crippen LogP contribution in [0.3, 0.4) is 0 Å². The van der Waals surface area contributed by atoms with Crippen molar-refractivity contribution in [1.29, 1.82) is 0 Å². The Balaban J connectivity index is 2.66. The van der Waals surface area contributed by atoms with Crippen molar-refractivity contribution in [3.05, 3.63) is 45.4 Å². The zero-order chi connectivity index (χ0) is 19.0. The molecular weight excluding hydrogens is 451 g/mol. The molecule has 6 nitrogen and oxygen atoms in total. The van der Waals surface area contributed by atoms with E-state index in [1.54, 1.807) is 12.1 Å². The van der Waals surface area contributed by atoms with Crippen LogP contribution in [0.5, 0.6) is 0 Å². The monoisotopic (exact) mass is 460 g/mol. The van der Waals surface area contributed by atoms with Gasteiger partial charge in [0.25, 0.3) is 0 Å². The Morgan fingerprint density at radius 1 is 1.04 bits per heavy atom. The summed E-state index contributed by atoms with van der Waals surface area (Å²) in [7, 11) is -7.73. The van der Waals surface area contributed by atoms with Gasteiger partial charge >= 0.3 is 0 Å². The van der Waals surface area contributed by atoms with Gasteiger partial charge in [-0.3, -0.25) is 4.72 Å². The Hall–Kier alpha value is -0.680. The summed E-state index contributed by atoms with van der Waals surface area (Å²) in [4.78, 5) is 0.305. The number of halogens is 3. The number of nitrogens with one attached hydrogen (secondary N) is 1. The van der Waals surface area contributed by atoms with Crippen molar-refractivity contribution >= 4 is 72.3 Å². The zero-order valence-electron chi connectivity index (χ0n) is 12.5. The van der Waals surface area contributed by atoms with Crippen LogP contribution in [0.2, 0.25) is 15.1 Å². The molecule has 0 aliphatic carbocycles. The van der Waals surface area contributed by atoms with Gasteiger partial charge < -0.3 is 0 Å². The maximum atomic E-state index is 11.7. The Kier molecular flexibility index (Phi) is 6.20. The van der Waals surface area contributed by atoms with Gasteiger partial charge in [0.1, 0.15) is 4.90 Å². The summed E-state index contributed by atoms with van der Waals surface area (Å²) in [6.45, 7) is 0. The average molecular weight is 462 g/mol. The van der Waals surface area contributed by atoms with E-state index in [0.29, 0.717) is 14.9 Å². The number of hydrogen-bond donors (Lipinski definition) is 2. The van der Waals surface area contributed by atoms with Crippen molar-refractivity contribution in [3.8, 4) is 0 Å². The van der Waals surface area contributed by atoms with Crippen LogP contribution in [0.15, 0.2) is 45.0 Å². The first kappa shape index (κ1) is 20.6. The highest BCUT2D eigenvalue weighted by atomic mass is 35.5. The molecule has 136 valence electrons. The van der Waals surface area contributed by atoms with Gasteiger partial charge in [-0.25, -0.2) is 22.0 Å². The van der Waals surface area contributed by atoms with Gasteiger partial charge in [-0.1, -0.05) is 46.6 Å². The number of primary sulfonamides is 1. The molecule has 2 rings (SSSR count). The van der Waals surface area contributed by atoms with Crippen LogP contribution >= 0.6 is 46.6 Å². The minimum Gasteiger partial charge on any atom is -0.283 e. The van der Waals surface area contributed by atoms with Gasteiger partial charge in [-0.2, -0.15) is 0 Å². The van der Waals surface area contributed by atoms with Crippen LogP contribution in [0, 0.1) is 0 Å². The highest BCUT2D eigenvalue weighted by molar-refractivity contribution is 8.00. The summed E-state index contributed by atoms with van der Waals surface area (Å²) in [5, 5.41) is 5.63. The van der Waals surface area contributed by atoms with E-state index in [0.717, 1.165) is 24.1 Å². The molecule has 0 amide bonds. The third-order valence-electron chi connectivity index (χ3n) is 2.77. The Morgan fingerprint density at radius 3 is 2.20 bits per heavy atom. The van der Waals surface area contributed by atoms with Crippen LogP contribution in [0.4, 0.5) is 5.69 Å². The van der Waals surface area contributed by atoms with E-state index in [9.17, 15) is 16.8 Å². The van der Waals surface area contributed by atoms with Crippen molar-refractivity contribution in [1.82, 2.24) is 0 Å². The van der Waals surface area contributed by atoms with Gasteiger partial charge in [0.05, 0.1) is 26.9 Å². The van der Waals surface area contributed by atoms with Crippen molar-refractivity contribution in [2.45, 2.75) is 14.7 Å². The molecule has 0 bridgehead atoms. The number of anilines is 1. The number of nitrogens with two attached hydrogens (primary N) is 1. The molecule has 2 aromatic carbocycles. The summed E-state index contributed by atoms with van der Waals surface area (Å²) in [6, 6.07) is 7.06. The molecule has 0 aliphatic heterocycles. The maximum absolute atomic E-state index is 11.7. The molecule has 12 heteroatoms. The summed E-state index contributed by atoms with van der Waals surface area (Å²) in [5.41, 5.74) is 0.0934. The van der Waals surface area contributed by atoms with Crippen LogP contribution in [0.1, 0.15) is 0 Å². The summed E-state index contributed by atoms with van der Waals surface area (Å²) in [6.07, 6.45) is 0.957. The van der Waals surface area contributed by atoms with E-state index in [1.165, 1.54) is 12.1 Å². The summed E-state index contributed by atoms with van der Waals surface area (Å²) < 4.78 is 48.7. The number of sulfonamides is 2. The summed E-state index contributed by atoms with van der Waals surface area (Å²) >= 11 is 19.1. The summed E-state index contributed by atoms with van der Waals surface area (Å²) in [5.74, 6) is 0. The molecule has 3 N–H and O–H groups in total. The normalized spacial score (nSPS) is 12.2. The van der Waals surface area contributed by atoms with Crippen LogP contribution in [-0.4, -0.2) is 23.1 Å². The SMILES string of the molecule is CS(=O)(=O)Nc1ccc(S(N)(=O)=O)c(Cl)c1Sc1ccc(Cl)cc1Cl. The first-order chi connectivity index (χ1) is 11.4.